The van der Waals surface area contributed by atoms with Crippen molar-refractivity contribution in [1.82, 2.24) is 10.2 Å². The Morgan fingerprint density at radius 3 is 2.09 bits per heavy atom. The van der Waals surface area contributed by atoms with E-state index in [1.807, 2.05) is 13.8 Å². The lowest BCUT2D eigenvalue weighted by Crippen LogP contribution is -2.53. The third-order valence-electron chi connectivity index (χ3n) is 7.06. The van der Waals surface area contributed by atoms with E-state index in [4.69, 9.17) is 44.3 Å². The van der Waals surface area contributed by atoms with Gasteiger partial charge in [0.05, 0.1) is 34.8 Å². The molecule has 44 heavy (non-hydrogen) atoms. The molecule has 0 aliphatic rings. The molecule has 0 saturated heterocycles. The van der Waals surface area contributed by atoms with Crippen LogP contribution in [0.5, 0.6) is 11.5 Å². The van der Waals surface area contributed by atoms with E-state index in [0.29, 0.717) is 27.8 Å². The number of rotatable bonds is 14. The summed E-state index contributed by atoms with van der Waals surface area (Å²) in [6, 6.07) is 14.1. The van der Waals surface area contributed by atoms with Crippen LogP contribution in [0.25, 0.3) is 0 Å². The predicted octanol–water partition coefficient (Wildman–Crippen LogP) is 6.58. The summed E-state index contributed by atoms with van der Waals surface area (Å²) >= 11 is 18.5. The second-order valence-corrected chi connectivity index (χ2v) is 13.1. The van der Waals surface area contributed by atoms with Gasteiger partial charge in [0.2, 0.25) is 11.8 Å². The zero-order valence-corrected chi connectivity index (χ0v) is 28.2. The first-order chi connectivity index (χ1) is 20.9. The topological polar surface area (TPSA) is 105 Å². The second kappa shape index (κ2) is 15.7. The van der Waals surface area contributed by atoms with Gasteiger partial charge in [-0.2, -0.15) is 0 Å². The number of benzene rings is 3. The Kier molecular flexibility index (Phi) is 12.6. The molecule has 0 heterocycles. The van der Waals surface area contributed by atoms with E-state index in [1.54, 1.807) is 25.1 Å². The van der Waals surface area contributed by atoms with Crippen molar-refractivity contribution in [2.24, 2.45) is 0 Å². The fourth-order valence-electron chi connectivity index (χ4n) is 4.44. The number of hydrogen-bond acceptors (Lipinski definition) is 6. The van der Waals surface area contributed by atoms with Gasteiger partial charge in [0.1, 0.15) is 12.6 Å². The van der Waals surface area contributed by atoms with Gasteiger partial charge in [0.25, 0.3) is 10.0 Å². The highest BCUT2D eigenvalue weighted by atomic mass is 35.5. The Labute approximate surface area is 274 Å². The van der Waals surface area contributed by atoms with E-state index in [-0.39, 0.29) is 46.3 Å². The van der Waals surface area contributed by atoms with Crippen LogP contribution in [0.1, 0.15) is 39.2 Å². The molecule has 2 atom stereocenters. The van der Waals surface area contributed by atoms with E-state index in [2.05, 4.69) is 5.32 Å². The van der Waals surface area contributed by atoms with Gasteiger partial charge in [-0.3, -0.25) is 13.9 Å². The van der Waals surface area contributed by atoms with Crippen LogP contribution in [0.15, 0.2) is 65.6 Å². The third kappa shape index (κ3) is 8.50. The molecule has 0 aliphatic heterocycles. The number of carbonyl (C=O) groups is 2. The van der Waals surface area contributed by atoms with Crippen LogP contribution >= 0.6 is 34.8 Å². The van der Waals surface area contributed by atoms with Crippen molar-refractivity contribution in [2.45, 2.75) is 57.1 Å². The molecule has 0 bridgehead atoms. The smallest absolute Gasteiger partial charge is 0.264 e. The molecule has 2 amide bonds. The molecule has 13 heteroatoms. The molecule has 9 nitrogen and oxygen atoms in total. The highest BCUT2D eigenvalue weighted by Crippen LogP contribution is 2.33. The van der Waals surface area contributed by atoms with Crippen molar-refractivity contribution in [3.63, 3.8) is 0 Å². The molecular formula is C31H36Cl3N3O6S. The van der Waals surface area contributed by atoms with Crippen molar-refractivity contribution in [1.29, 1.82) is 0 Å². The van der Waals surface area contributed by atoms with Gasteiger partial charge in [0, 0.05) is 23.7 Å². The van der Waals surface area contributed by atoms with Gasteiger partial charge < -0.3 is 19.7 Å². The Morgan fingerprint density at radius 2 is 1.52 bits per heavy atom. The van der Waals surface area contributed by atoms with Gasteiger partial charge in [-0.1, -0.05) is 54.7 Å². The largest absolute Gasteiger partial charge is 0.493 e. The molecule has 238 valence electrons. The number of sulfonamides is 1. The quantitative estimate of drug-likeness (QED) is 0.206. The second-order valence-electron chi connectivity index (χ2n) is 10.0. The minimum absolute atomic E-state index is 0.0208. The molecule has 3 rings (SSSR count). The number of nitrogens with one attached hydrogen (secondary N) is 1. The molecule has 0 aromatic heterocycles. The lowest BCUT2D eigenvalue weighted by Gasteiger charge is -2.33. The number of halogens is 3. The molecule has 0 fully saturated rings. The van der Waals surface area contributed by atoms with Gasteiger partial charge in [-0.05, 0) is 73.9 Å². The number of amides is 2. The average Bonchev–Trinajstić information content (AvgIpc) is 3.01. The van der Waals surface area contributed by atoms with Crippen molar-refractivity contribution in [2.75, 3.05) is 25.1 Å². The van der Waals surface area contributed by atoms with Crippen molar-refractivity contribution in [3.05, 3.63) is 81.3 Å². The van der Waals surface area contributed by atoms with Crippen LogP contribution in [0.3, 0.4) is 0 Å². The SMILES string of the molecule is CCC(C)NC(=O)C(CC)N(Cc1ccc(Cl)c(Cl)c1)C(=O)CN(c1ccc(Cl)cc1)S(=O)(=O)c1ccc(OC)c(OC)c1. The van der Waals surface area contributed by atoms with Gasteiger partial charge in [-0.15, -0.1) is 0 Å². The van der Waals surface area contributed by atoms with Crippen molar-refractivity contribution < 1.29 is 27.5 Å². The lowest BCUT2D eigenvalue weighted by atomic mass is 10.1. The van der Waals surface area contributed by atoms with E-state index in [1.165, 1.54) is 61.6 Å². The number of carbonyl (C=O) groups excluding carboxylic acids is 2. The number of methoxy groups -OCH3 is 2. The normalized spacial score (nSPS) is 12.6. The highest BCUT2D eigenvalue weighted by molar-refractivity contribution is 7.92. The first-order valence-corrected chi connectivity index (χ1v) is 16.5. The summed E-state index contributed by atoms with van der Waals surface area (Å²) in [5.74, 6) is -0.422. The van der Waals surface area contributed by atoms with Gasteiger partial charge in [-0.25, -0.2) is 8.42 Å². The van der Waals surface area contributed by atoms with E-state index >= 15 is 0 Å². The first kappa shape index (κ1) is 35.3. The maximum atomic E-state index is 14.2. The number of ether oxygens (including phenoxy) is 2. The van der Waals surface area contributed by atoms with E-state index in [0.717, 1.165) is 4.31 Å². The Hall–Kier alpha value is -3.18. The van der Waals surface area contributed by atoms with Crippen LogP contribution in [-0.4, -0.2) is 58.0 Å². The zero-order chi connectivity index (χ0) is 32.6. The lowest BCUT2D eigenvalue weighted by molar-refractivity contribution is -0.140. The first-order valence-electron chi connectivity index (χ1n) is 13.9. The monoisotopic (exact) mass is 683 g/mol. The molecule has 0 saturated carbocycles. The van der Waals surface area contributed by atoms with E-state index in [9.17, 15) is 18.0 Å². The van der Waals surface area contributed by atoms with E-state index < -0.39 is 28.5 Å². The van der Waals surface area contributed by atoms with Crippen molar-refractivity contribution >= 4 is 62.3 Å². The Bertz CT molecular complexity index is 1570. The molecule has 3 aromatic rings. The summed E-state index contributed by atoms with van der Waals surface area (Å²) in [5.41, 5.74) is 0.812. The molecular weight excluding hydrogens is 649 g/mol. The summed E-state index contributed by atoms with van der Waals surface area (Å²) in [4.78, 5) is 28.9. The van der Waals surface area contributed by atoms with Crippen LogP contribution in [-0.2, 0) is 26.2 Å². The van der Waals surface area contributed by atoms with Crippen molar-refractivity contribution in [3.8, 4) is 11.5 Å². The van der Waals surface area contributed by atoms with Crippen LogP contribution in [0.2, 0.25) is 15.1 Å². The van der Waals surface area contributed by atoms with Gasteiger partial charge >= 0.3 is 0 Å². The Morgan fingerprint density at radius 1 is 0.864 bits per heavy atom. The third-order valence-corrected chi connectivity index (χ3v) is 9.82. The number of hydrogen-bond donors (Lipinski definition) is 1. The fraction of sp³-hybridized carbons (Fsp3) is 0.355. The molecule has 0 radical (unpaired) electrons. The summed E-state index contributed by atoms with van der Waals surface area (Å²) in [6.45, 7) is 4.95. The standard InChI is InChI=1S/C31H36Cl3N3O6S/c1-6-20(3)35-31(39)27(7-2)36(18-21-8-14-25(33)26(34)16-21)30(38)19-37(23-11-9-22(32)10-12-23)44(40,41)24-13-15-28(42-4)29(17-24)43-5/h8-17,20,27H,6-7,18-19H2,1-5H3,(H,35,39). The molecule has 3 aromatic carbocycles. The minimum atomic E-state index is -4.35. The van der Waals surface area contributed by atoms with Crippen LogP contribution in [0.4, 0.5) is 5.69 Å². The Balaban J connectivity index is 2.11. The predicted molar refractivity (Wildman–Crippen MR) is 175 cm³/mol. The molecule has 2 unspecified atom stereocenters. The number of anilines is 1. The summed E-state index contributed by atoms with van der Waals surface area (Å²) in [6.07, 6.45) is 0.968. The maximum absolute atomic E-state index is 14.2. The minimum Gasteiger partial charge on any atom is -0.493 e. The zero-order valence-electron chi connectivity index (χ0n) is 25.1. The van der Waals surface area contributed by atoms with Crippen LogP contribution in [0, 0.1) is 0 Å². The summed E-state index contributed by atoms with van der Waals surface area (Å²) in [5, 5.41) is 3.95. The van der Waals surface area contributed by atoms with Crippen LogP contribution < -0.4 is 19.1 Å². The molecule has 1 N–H and O–H groups in total. The summed E-state index contributed by atoms with van der Waals surface area (Å²) < 4.78 is 39.9. The summed E-state index contributed by atoms with van der Waals surface area (Å²) in [7, 11) is -1.51. The fourth-order valence-corrected chi connectivity index (χ4v) is 6.31. The maximum Gasteiger partial charge on any atom is 0.264 e. The molecule has 0 aliphatic carbocycles. The highest BCUT2D eigenvalue weighted by Gasteiger charge is 2.34. The molecule has 0 spiro atoms. The average molecular weight is 685 g/mol. The van der Waals surface area contributed by atoms with Gasteiger partial charge in [0.15, 0.2) is 11.5 Å². The number of nitrogens with zero attached hydrogens (tertiary/aromatic N) is 2.